The van der Waals surface area contributed by atoms with Crippen LogP contribution in [-0.2, 0) is 0 Å². The summed E-state index contributed by atoms with van der Waals surface area (Å²) in [6, 6.07) is 3.26. The third-order valence-electron chi connectivity index (χ3n) is 1.33. The monoisotopic (exact) mass is 200 g/mol. The second-order valence-electron chi connectivity index (χ2n) is 2.27. The van der Waals surface area contributed by atoms with Gasteiger partial charge in [-0.2, -0.15) is 0 Å². The summed E-state index contributed by atoms with van der Waals surface area (Å²) in [7, 11) is 0. The first-order valence-electron chi connectivity index (χ1n) is 3.36. The average Bonchev–Trinajstić information content (AvgIpc) is 2.09. The first-order chi connectivity index (χ1) is 6.13. The highest BCUT2D eigenvalue weighted by Gasteiger charge is 2.04. The highest BCUT2D eigenvalue weighted by Crippen LogP contribution is 2.26. The van der Waals surface area contributed by atoms with Crippen LogP contribution in [0.4, 0.5) is 10.5 Å². The molecule has 0 aliphatic carbocycles. The van der Waals surface area contributed by atoms with Gasteiger partial charge in [0.05, 0.1) is 5.69 Å². The fourth-order valence-electron chi connectivity index (χ4n) is 0.776. The first-order valence-corrected chi connectivity index (χ1v) is 3.81. The zero-order valence-corrected chi connectivity index (χ0v) is 7.38. The summed E-state index contributed by atoms with van der Waals surface area (Å²) < 4.78 is 2.03. The number of thiol groups is 1. The Hall–Kier alpha value is -1.56. The van der Waals surface area contributed by atoms with Gasteiger partial charge >= 0.3 is 6.03 Å². The summed E-state index contributed by atoms with van der Waals surface area (Å²) in [5, 5.41) is 20.4. The molecule has 0 fully saturated rings. The molecule has 0 aliphatic rings. The Balaban J connectivity index is 2.83. The highest BCUT2D eigenvalue weighted by atomic mass is 32.1. The first kappa shape index (κ1) is 9.53. The van der Waals surface area contributed by atoms with E-state index in [-0.39, 0.29) is 17.2 Å². The van der Waals surface area contributed by atoms with E-state index in [0.29, 0.717) is 0 Å². The molecular formula is C7H8N2O3S. The van der Waals surface area contributed by atoms with Crippen LogP contribution in [0.2, 0.25) is 0 Å². The van der Waals surface area contributed by atoms with Crippen molar-refractivity contribution >= 4 is 24.5 Å². The number of carbonyl (C=O) groups excluding carboxylic acids is 1. The molecule has 0 heterocycles. The van der Waals surface area contributed by atoms with Gasteiger partial charge in [-0.25, -0.2) is 4.79 Å². The second-order valence-corrected chi connectivity index (χ2v) is 2.49. The van der Waals surface area contributed by atoms with E-state index in [1.807, 2.05) is 4.72 Å². The maximum atomic E-state index is 10.7. The number of hydrogen-bond donors (Lipinski definition) is 5. The minimum absolute atomic E-state index is 0.0747. The van der Waals surface area contributed by atoms with Crippen molar-refractivity contribution < 1.29 is 15.0 Å². The Kier molecular flexibility index (Phi) is 2.86. The minimum atomic E-state index is -0.565. The van der Waals surface area contributed by atoms with Gasteiger partial charge in [-0.05, 0) is 12.1 Å². The van der Waals surface area contributed by atoms with Crippen LogP contribution in [0.3, 0.4) is 0 Å². The molecule has 0 radical (unpaired) electrons. The number of anilines is 1. The van der Waals surface area contributed by atoms with E-state index < -0.39 is 6.03 Å². The van der Waals surface area contributed by atoms with E-state index in [2.05, 4.69) is 18.1 Å². The molecule has 0 aliphatic heterocycles. The Morgan fingerprint density at radius 3 is 2.62 bits per heavy atom. The lowest BCUT2D eigenvalue weighted by molar-refractivity contribution is 0.257. The molecule has 13 heavy (non-hydrogen) atoms. The molecule has 6 heteroatoms. The molecule has 1 aromatic rings. The maximum absolute atomic E-state index is 10.7. The van der Waals surface area contributed by atoms with Gasteiger partial charge < -0.3 is 15.5 Å². The number of nitrogens with one attached hydrogen (secondary N) is 2. The molecule has 0 bridgehead atoms. The number of rotatable bonds is 1. The standard InChI is InChI=1S/C7H8N2O3S/c10-4-1-2-5(6(11)3-4)8-7(12)9-13/h1-3,10-11,13H,(H2,8,9,12). The summed E-state index contributed by atoms with van der Waals surface area (Å²) in [5.41, 5.74) is 0.198. The summed E-state index contributed by atoms with van der Waals surface area (Å²) in [6.45, 7) is 0. The fourth-order valence-corrected chi connectivity index (χ4v) is 0.832. The molecule has 0 unspecified atom stereocenters. The van der Waals surface area contributed by atoms with Crippen molar-refractivity contribution in [3.63, 3.8) is 0 Å². The zero-order chi connectivity index (χ0) is 9.84. The number of carbonyl (C=O) groups is 1. The van der Waals surface area contributed by atoms with Crippen LogP contribution in [0.1, 0.15) is 0 Å². The summed E-state index contributed by atoms with van der Waals surface area (Å²) in [4.78, 5) is 10.7. The van der Waals surface area contributed by atoms with Crippen LogP contribution in [0.15, 0.2) is 18.2 Å². The van der Waals surface area contributed by atoms with Gasteiger partial charge in [-0.1, -0.05) is 12.8 Å². The van der Waals surface area contributed by atoms with Crippen LogP contribution in [0, 0.1) is 0 Å². The molecule has 0 spiro atoms. The SMILES string of the molecule is O=C(NS)Nc1ccc(O)cc1O. The van der Waals surface area contributed by atoms with E-state index in [0.717, 1.165) is 6.07 Å². The number of hydrogen-bond acceptors (Lipinski definition) is 4. The van der Waals surface area contributed by atoms with Crippen LogP contribution in [0.25, 0.3) is 0 Å². The normalized spacial score (nSPS) is 9.31. The van der Waals surface area contributed by atoms with Crippen LogP contribution in [-0.4, -0.2) is 16.2 Å². The van der Waals surface area contributed by atoms with Crippen molar-refractivity contribution in [2.75, 3.05) is 5.32 Å². The molecule has 70 valence electrons. The van der Waals surface area contributed by atoms with Gasteiger partial charge in [-0.3, -0.25) is 4.72 Å². The van der Waals surface area contributed by atoms with Crippen molar-refractivity contribution in [1.82, 2.24) is 4.72 Å². The van der Waals surface area contributed by atoms with Crippen molar-refractivity contribution in [2.24, 2.45) is 0 Å². The molecule has 4 N–H and O–H groups in total. The molecular weight excluding hydrogens is 192 g/mol. The van der Waals surface area contributed by atoms with Crippen LogP contribution in [0.5, 0.6) is 11.5 Å². The predicted molar refractivity (Wildman–Crippen MR) is 50.9 cm³/mol. The van der Waals surface area contributed by atoms with Gasteiger partial charge in [0.1, 0.15) is 11.5 Å². The van der Waals surface area contributed by atoms with E-state index >= 15 is 0 Å². The molecule has 0 saturated carbocycles. The zero-order valence-electron chi connectivity index (χ0n) is 6.48. The third-order valence-corrected chi connectivity index (χ3v) is 1.53. The van der Waals surface area contributed by atoms with Gasteiger partial charge in [0, 0.05) is 6.07 Å². The number of amides is 2. The summed E-state index contributed by atoms with van der Waals surface area (Å²) in [6.07, 6.45) is 0. The number of phenolic OH excluding ortho intramolecular Hbond substituents is 2. The molecule has 0 aromatic heterocycles. The molecule has 0 saturated heterocycles. The molecule has 1 aromatic carbocycles. The quantitative estimate of drug-likeness (QED) is 0.267. The second kappa shape index (κ2) is 3.90. The molecule has 0 atom stereocenters. The molecule has 2 amide bonds. The van der Waals surface area contributed by atoms with Gasteiger partial charge in [-0.15, -0.1) is 0 Å². The lowest BCUT2D eigenvalue weighted by atomic mass is 10.3. The molecule has 5 nitrogen and oxygen atoms in total. The third kappa shape index (κ3) is 2.45. The smallest absolute Gasteiger partial charge is 0.329 e. The number of phenols is 2. The topological polar surface area (TPSA) is 81.6 Å². The Morgan fingerprint density at radius 2 is 2.08 bits per heavy atom. The number of aromatic hydroxyl groups is 2. The Bertz CT molecular complexity index is 330. The van der Waals surface area contributed by atoms with Crippen molar-refractivity contribution in [3.05, 3.63) is 18.2 Å². The van der Waals surface area contributed by atoms with Gasteiger partial charge in [0.25, 0.3) is 0 Å². The van der Waals surface area contributed by atoms with E-state index in [1.165, 1.54) is 12.1 Å². The van der Waals surface area contributed by atoms with Crippen molar-refractivity contribution in [3.8, 4) is 11.5 Å². The van der Waals surface area contributed by atoms with E-state index in [4.69, 9.17) is 5.11 Å². The van der Waals surface area contributed by atoms with E-state index in [9.17, 15) is 9.90 Å². The van der Waals surface area contributed by atoms with Crippen LogP contribution >= 0.6 is 12.8 Å². The number of benzene rings is 1. The van der Waals surface area contributed by atoms with E-state index in [1.54, 1.807) is 0 Å². The predicted octanol–water partition coefficient (Wildman–Crippen LogP) is 1.06. The van der Waals surface area contributed by atoms with Crippen LogP contribution < -0.4 is 10.0 Å². The lowest BCUT2D eigenvalue weighted by Gasteiger charge is -2.05. The van der Waals surface area contributed by atoms with Gasteiger partial charge in [0.15, 0.2) is 0 Å². The average molecular weight is 200 g/mol. The highest BCUT2D eigenvalue weighted by molar-refractivity contribution is 7.78. The molecule has 1 rings (SSSR count). The summed E-state index contributed by atoms with van der Waals surface area (Å²) >= 11 is 3.51. The van der Waals surface area contributed by atoms with Crippen molar-refractivity contribution in [2.45, 2.75) is 0 Å². The van der Waals surface area contributed by atoms with Crippen molar-refractivity contribution in [1.29, 1.82) is 0 Å². The maximum Gasteiger partial charge on any atom is 0.329 e. The summed E-state index contributed by atoms with van der Waals surface area (Å²) in [5.74, 6) is -0.286. The Labute approximate surface area is 79.9 Å². The fraction of sp³-hybridized carbons (Fsp3) is 0. The largest absolute Gasteiger partial charge is 0.508 e. The van der Waals surface area contributed by atoms with Gasteiger partial charge in [0.2, 0.25) is 0 Å². The minimum Gasteiger partial charge on any atom is -0.508 e. The Morgan fingerprint density at radius 1 is 1.38 bits per heavy atom. The lowest BCUT2D eigenvalue weighted by Crippen LogP contribution is -2.20. The number of urea groups is 1.